The molecule has 0 aliphatic carbocycles. The zero-order valence-electron chi connectivity index (χ0n) is 15.7. The molecule has 0 radical (unpaired) electrons. The quantitative estimate of drug-likeness (QED) is 0.530. The fourth-order valence-electron chi connectivity index (χ4n) is 2.42. The van der Waals surface area contributed by atoms with Gasteiger partial charge in [-0.1, -0.05) is 23.7 Å². The van der Waals surface area contributed by atoms with Crippen LogP contribution in [0.3, 0.4) is 0 Å². The van der Waals surface area contributed by atoms with Gasteiger partial charge in [-0.25, -0.2) is 14.3 Å². The van der Waals surface area contributed by atoms with E-state index in [1.807, 2.05) is 19.9 Å². The number of aromatic nitrogens is 2. The van der Waals surface area contributed by atoms with Crippen LogP contribution in [0, 0.1) is 13.8 Å². The lowest BCUT2D eigenvalue weighted by molar-refractivity contribution is 0.0505. The second kappa shape index (κ2) is 8.81. The molecule has 0 aliphatic rings. The van der Waals surface area contributed by atoms with E-state index >= 15 is 0 Å². The fourth-order valence-corrected chi connectivity index (χ4v) is 2.71. The molecule has 0 bridgehead atoms. The average molecular weight is 393 g/mol. The molecule has 2 aromatic rings. The Morgan fingerprint density at radius 2 is 1.67 bits per heavy atom. The first-order valence-corrected chi connectivity index (χ1v) is 8.88. The van der Waals surface area contributed by atoms with E-state index in [1.165, 1.54) is 0 Å². The Balaban J connectivity index is 2.42. The van der Waals surface area contributed by atoms with E-state index in [4.69, 9.17) is 21.1 Å². The van der Waals surface area contributed by atoms with Crippen LogP contribution in [-0.4, -0.2) is 40.7 Å². The minimum atomic E-state index is -0.773. The van der Waals surface area contributed by atoms with Gasteiger partial charge in [0.25, 0.3) is 0 Å². The number of hydrogen-bond acceptors (Lipinski definition) is 6. The highest BCUT2D eigenvalue weighted by molar-refractivity contribution is 6.36. The summed E-state index contributed by atoms with van der Waals surface area (Å²) in [4.78, 5) is 37.0. The van der Waals surface area contributed by atoms with Gasteiger partial charge in [-0.05, 0) is 44.9 Å². The molecule has 1 aromatic carbocycles. The van der Waals surface area contributed by atoms with E-state index in [-0.39, 0.29) is 42.0 Å². The van der Waals surface area contributed by atoms with Crippen molar-refractivity contribution in [2.45, 2.75) is 34.2 Å². The van der Waals surface area contributed by atoms with Gasteiger partial charge in [-0.3, -0.25) is 4.79 Å². The van der Waals surface area contributed by atoms with Crippen LogP contribution in [0.4, 0.5) is 0 Å². The van der Waals surface area contributed by atoms with Crippen molar-refractivity contribution in [3.8, 4) is 0 Å². The Hall–Kier alpha value is -2.67. The maximum atomic E-state index is 12.7. The SMILES string of the molecule is CCOC(=O)c1nn(CC(=O)c2ccc(C)c(C)c2)c(C(=O)OCC)c1Cl. The fraction of sp³-hybridized carbons (Fsp3) is 0.368. The van der Waals surface area contributed by atoms with Crippen LogP contribution in [0.25, 0.3) is 0 Å². The molecule has 0 atom stereocenters. The van der Waals surface area contributed by atoms with E-state index in [1.54, 1.807) is 26.0 Å². The summed E-state index contributed by atoms with van der Waals surface area (Å²) in [7, 11) is 0. The first kappa shape index (κ1) is 20.6. The minimum absolute atomic E-state index is 0.111. The number of halogens is 1. The molecule has 0 aliphatic heterocycles. The van der Waals surface area contributed by atoms with Gasteiger partial charge in [-0.2, -0.15) is 5.10 Å². The Morgan fingerprint density at radius 1 is 1.04 bits per heavy atom. The standard InChI is InChI=1S/C19H21ClN2O5/c1-5-26-18(24)16-15(20)17(19(25)27-6-2)22(21-16)10-14(23)13-8-7-11(3)12(4)9-13/h7-9H,5-6,10H2,1-4H3. The third-order valence-electron chi connectivity index (χ3n) is 3.95. The molecule has 8 heteroatoms. The predicted octanol–water partition coefficient (Wildman–Crippen LogP) is 3.39. The largest absolute Gasteiger partial charge is 0.461 e. The number of esters is 2. The van der Waals surface area contributed by atoms with Crippen LogP contribution < -0.4 is 0 Å². The lowest BCUT2D eigenvalue weighted by Crippen LogP contribution is -2.19. The smallest absolute Gasteiger partial charge is 0.360 e. The lowest BCUT2D eigenvalue weighted by Gasteiger charge is -2.08. The van der Waals surface area contributed by atoms with Crippen molar-refractivity contribution in [3.63, 3.8) is 0 Å². The van der Waals surface area contributed by atoms with E-state index in [0.717, 1.165) is 15.8 Å². The summed E-state index contributed by atoms with van der Waals surface area (Å²) in [5, 5.41) is 3.83. The summed E-state index contributed by atoms with van der Waals surface area (Å²) in [6, 6.07) is 5.31. The van der Waals surface area contributed by atoms with Crippen molar-refractivity contribution in [1.29, 1.82) is 0 Å². The first-order chi connectivity index (χ1) is 12.8. The number of carbonyl (C=O) groups is 3. The van der Waals surface area contributed by atoms with Crippen LogP contribution in [-0.2, 0) is 16.0 Å². The molecular weight excluding hydrogens is 372 g/mol. The molecule has 1 heterocycles. The van der Waals surface area contributed by atoms with Crippen LogP contribution in [0.5, 0.6) is 0 Å². The minimum Gasteiger partial charge on any atom is -0.461 e. The van der Waals surface area contributed by atoms with E-state index in [2.05, 4.69) is 5.10 Å². The third-order valence-corrected chi connectivity index (χ3v) is 4.31. The number of hydrogen-bond donors (Lipinski definition) is 0. The second-order valence-corrected chi connectivity index (χ2v) is 6.21. The molecule has 144 valence electrons. The van der Waals surface area contributed by atoms with Crippen LogP contribution in [0.15, 0.2) is 18.2 Å². The zero-order chi connectivity index (χ0) is 20.1. The molecule has 27 heavy (non-hydrogen) atoms. The van der Waals surface area contributed by atoms with Gasteiger partial charge in [0, 0.05) is 5.56 Å². The van der Waals surface area contributed by atoms with Gasteiger partial charge in [0.15, 0.2) is 17.2 Å². The van der Waals surface area contributed by atoms with Crippen LogP contribution >= 0.6 is 11.6 Å². The average Bonchev–Trinajstić information content (AvgIpc) is 2.94. The number of ketones is 1. The van der Waals surface area contributed by atoms with Crippen molar-refractivity contribution in [3.05, 3.63) is 51.3 Å². The van der Waals surface area contributed by atoms with Gasteiger partial charge < -0.3 is 9.47 Å². The van der Waals surface area contributed by atoms with E-state index in [9.17, 15) is 14.4 Å². The van der Waals surface area contributed by atoms with E-state index in [0.29, 0.717) is 5.56 Å². The Bertz CT molecular complexity index is 888. The van der Waals surface area contributed by atoms with Gasteiger partial charge in [-0.15, -0.1) is 0 Å². The van der Waals surface area contributed by atoms with Crippen molar-refractivity contribution < 1.29 is 23.9 Å². The van der Waals surface area contributed by atoms with Gasteiger partial charge in [0.1, 0.15) is 11.6 Å². The normalized spacial score (nSPS) is 10.6. The number of aryl methyl sites for hydroxylation is 2. The number of Topliss-reactive ketones (excluding diaryl/α,β-unsaturated/α-hetero) is 1. The van der Waals surface area contributed by atoms with Crippen molar-refractivity contribution in [2.24, 2.45) is 0 Å². The molecule has 0 unspecified atom stereocenters. The van der Waals surface area contributed by atoms with E-state index < -0.39 is 11.9 Å². The third kappa shape index (κ3) is 4.54. The number of nitrogens with zero attached hydrogens (tertiary/aromatic N) is 2. The molecule has 0 saturated heterocycles. The highest BCUT2D eigenvalue weighted by Gasteiger charge is 2.29. The van der Waals surface area contributed by atoms with Crippen LogP contribution in [0.1, 0.15) is 56.3 Å². The summed E-state index contributed by atoms with van der Waals surface area (Å²) in [6.45, 7) is 7.09. The van der Waals surface area contributed by atoms with Crippen molar-refractivity contribution in [2.75, 3.05) is 13.2 Å². The summed E-state index contributed by atoms with van der Waals surface area (Å²) >= 11 is 6.17. The molecule has 7 nitrogen and oxygen atoms in total. The first-order valence-electron chi connectivity index (χ1n) is 8.51. The molecular formula is C19H21ClN2O5. The summed E-state index contributed by atoms with van der Waals surface area (Å²) < 4.78 is 11.0. The molecule has 0 N–H and O–H groups in total. The Morgan fingerprint density at radius 3 is 2.26 bits per heavy atom. The van der Waals surface area contributed by atoms with Crippen molar-refractivity contribution >= 4 is 29.3 Å². The van der Waals surface area contributed by atoms with Gasteiger partial charge in [0.2, 0.25) is 0 Å². The maximum absolute atomic E-state index is 12.7. The summed E-state index contributed by atoms with van der Waals surface area (Å²) in [5.41, 5.74) is 2.12. The summed E-state index contributed by atoms with van der Waals surface area (Å²) in [6.07, 6.45) is 0. The van der Waals surface area contributed by atoms with Crippen molar-refractivity contribution in [1.82, 2.24) is 9.78 Å². The molecule has 2 rings (SSSR count). The topological polar surface area (TPSA) is 87.5 Å². The lowest BCUT2D eigenvalue weighted by atomic mass is 10.0. The molecule has 0 spiro atoms. The number of ether oxygens (including phenoxy) is 2. The van der Waals surface area contributed by atoms with Crippen LogP contribution in [0.2, 0.25) is 5.02 Å². The monoisotopic (exact) mass is 392 g/mol. The second-order valence-electron chi connectivity index (χ2n) is 5.83. The zero-order valence-corrected chi connectivity index (χ0v) is 16.4. The predicted molar refractivity (Wildman–Crippen MR) is 99.4 cm³/mol. The number of carbonyl (C=O) groups excluding carboxylic acids is 3. The number of rotatable bonds is 7. The molecule has 0 amide bonds. The highest BCUT2D eigenvalue weighted by atomic mass is 35.5. The van der Waals surface area contributed by atoms with Gasteiger partial charge in [0.05, 0.1) is 13.2 Å². The maximum Gasteiger partial charge on any atom is 0.360 e. The molecule has 0 fully saturated rings. The Kier molecular flexibility index (Phi) is 6.74. The molecule has 1 aromatic heterocycles. The molecule has 0 saturated carbocycles. The Labute approximate surface area is 162 Å². The van der Waals surface area contributed by atoms with Gasteiger partial charge >= 0.3 is 11.9 Å². The summed E-state index contributed by atoms with van der Waals surface area (Å²) in [5.74, 6) is -1.82. The highest BCUT2D eigenvalue weighted by Crippen LogP contribution is 2.23. The number of benzene rings is 1.